The molecule has 5 heteroatoms. The first-order valence-electron chi connectivity index (χ1n) is 9.99. The zero-order chi connectivity index (χ0) is 19.8. The summed E-state index contributed by atoms with van der Waals surface area (Å²) >= 11 is 0. The summed E-state index contributed by atoms with van der Waals surface area (Å²) in [7, 11) is 1.72. The third kappa shape index (κ3) is 5.57. The first-order valence-corrected chi connectivity index (χ1v) is 9.99. The summed E-state index contributed by atoms with van der Waals surface area (Å²) in [4.78, 5) is 17.1. The standard InChI is InChI=1S/C23H30N2O3/c1-19(23(26)25-14-6-13-24(15-16-25)17-18-27-2)28-22-11-9-21(10-12-22)20-7-4-3-5-8-20/h3-5,7-12,19H,6,13-18H2,1-2H3/t19-/m0/s1. The van der Waals surface area contributed by atoms with Gasteiger partial charge in [0.05, 0.1) is 6.61 Å². The van der Waals surface area contributed by atoms with Crippen LogP contribution in [-0.4, -0.2) is 68.3 Å². The molecule has 150 valence electrons. The van der Waals surface area contributed by atoms with Gasteiger partial charge in [0.2, 0.25) is 0 Å². The Hall–Kier alpha value is -2.37. The Morgan fingerprint density at radius 3 is 2.39 bits per heavy atom. The van der Waals surface area contributed by atoms with Crippen molar-refractivity contribution in [3.05, 3.63) is 54.6 Å². The van der Waals surface area contributed by atoms with Gasteiger partial charge < -0.3 is 14.4 Å². The SMILES string of the molecule is COCCN1CCCN(C(=O)[C@H](C)Oc2ccc(-c3ccccc3)cc2)CC1. The molecule has 0 aromatic heterocycles. The van der Waals surface area contributed by atoms with Crippen LogP contribution >= 0.6 is 0 Å². The van der Waals surface area contributed by atoms with E-state index < -0.39 is 6.10 Å². The number of methoxy groups -OCH3 is 1. The van der Waals surface area contributed by atoms with Gasteiger partial charge in [-0.3, -0.25) is 9.69 Å². The smallest absolute Gasteiger partial charge is 0.263 e. The maximum atomic E-state index is 12.8. The summed E-state index contributed by atoms with van der Waals surface area (Å²) in [6, 6.07) is 18.1. The maximum absolute atomic E-state index is 12.8. The minimum absolute atomic E-state index is 0.0562. The summed E-state index contributed by atoms with van der Waals surface area (Å²) in [6.07, 6.45) is 0.488. The van der Waals surface area contributed by atoms with Gasteiger partial charge in [0, 0.05) is 33.3 Å². The first-order chi connectivity index (χ1) is 13.7. The second kappa shape index (κ2) is 10.2. The molecule has 3 rings (SSSR count). The third-order valence-corrected chi connectivity index (χ3v) is 5.13. The van der Waals surface area contributed by atoms with E-state index in [2.05, 4.69) is 17.0 Å². The quantitative estimate of drug-likeness (QED) is 0.737. The van der Waals surface area contributed by atoms with E-state index in [-0.39, 0.29) is 5.91 Å². The molecule has 0 unspecified atom stereocenters. The average Bonchev–Trinajstić information content (AvgIpc) is 2.98. The molecule has 1 atom stereocenters. The molecule has 2 aromatic carbocycles. The van der Waals surface area contributed by atoms with Crippen molar-refractivity contribution in [3.63, 3.8) is 0 Å². The zero-order valence-electron chi connectivity index (χ0n) is 16.8. The molecule has 1 fully saturated rings. The molecule has 0 aliphatic carbocycles. The molecule has 0 spiro atoms. The molecule has 28 heavy (non-hydrogen) atoms. The van der Waals surface area contributed by atoms with Crippen molar-refractivity contribution in [1.29, 1.82) is 0 Å². The highest BCUT2D eigenvalue weighted by Gasteiger charge is 2.24. The summed E-state index contributed by atoms with van der Waals surface area (Å²) in [5.74, 6) is 0.776. The van der Waals surface area contributed by atoms with Crippen LogP contribution in [0.5, 0.6) is 5.75 Å². The van der Waals surface area contributed by atoms with Crippen LogP contribution in [0.4, 0.5) is 0 Å². The van der Waals surface area contributed by atoms with E-state index in [1.165, 1.54) is 5.56 Å². The Morgan fingerprint density at radius 2 is 1.68 bits per heavy atom. The number of hydrogen-bond donors (Lipinski definition) is 0. The molecule has 0 bridgehead atoms. The second-order valence-corrected chi connectivity index (χ2v) is 7.16. The summed E-state index contributed by atoms with van der Waals surface area (Å²) in [5, 5.41) is 0. The maximum Gasteiger partial charge on any atom is 0.263 e. The minimum Gasteiger partial charge on any atom is -0.481 e. The number of ether oxygens (including phenoxy) is 2. The highest BCUT2D eigenvalue weighted by atomic mass is 16.5. The van der Waals surface area contributed by atoms with Crippen molar-refractivity contribution in [3.8, 4) is 16.9 Å². The lowest BCUT2D eigenvalue weighted by atomic mass is 10.1. The van der Waals surface area contributed by atoms with E-state index in [0.717, 1.165) is 57.1 Å². The van der Waals surface area contributed by atoms with Gasteiger partial charge in [0.1, 0.15) is 5.75 Å². The van der Waals surface area contributed by atoms with E-state index in [0.29, 0.717) is 0 Å². The van der Waals surface area contributed by atoms with E-state index in [1.807, 2.05) is 54.3 Å². The van der Waals surface area contributed by atoms with Gasteiger partial charge in [-0.05, 0) is 43.1 Å². The van der Waals surface area contributed by atoms with Gasteiger partial charge in [-0.2, -0.15) is 0 Å². The minimum atomic E-state index is -0.492. The predicted octanol–water partition coefficient (Wildman–Crippen LogP) is 3.30. The predicted molar refractivity (Wildman–Crippen MR) is 111 cm³/mol. The number of rotatable bonds is 7. The van der Waals surface area contributed by atoms with Crippen LogP contribution in [0.25, 0.3) is 11.1 Å². The van der Waals surface area contributed by atoms with Crippen LogP contribution in [0, 0.1) is 0 Å². The van der Waals surface area contributed by atoms with Crippen molar-refractivity contribution in [2.45, 2.75) is 19.4 Å². The van der Waals surface area contributed by atoms with Crippen LogP contribution in [0.15, 0.2) is 54.6 Å². The van der Waals surface area contributed by atoms with Crippen molar-refractivity contribution < 1.29 is 14.3 Å². The van der Waals surface area contributed by atoms with E-state index >= 15 is 0 Å². The summed E-state index contributed by atoms with van der Waals surface area (Å²) < 4.78 is 11.1. The van der Waals surface area contributed by atoms with E-state index in [4.69, 9.17) is 9.47 Å². The Kier molecular flexibility index (Phi) is 7.46. The van der Waals surface area contributed by atoms with Crippen LogP contribution < -0.4 is 4.74 Å². The average molecular weight is 383 g/mol. The lowest BCUT2D eigenvalue weighted by Gasteiger charge is -2.25. The van der Waals surface area contributed by atoms with Crippen molar-refractivity contribution in [2.75, 3.05) is 46.4 Å². The molecule has 1 aliphatic heterocycles. The monoisotopic (exact) mass is 382 g/mol. The fourth-order valence-corrected chi connectivity index (χ4v) is 3.50. The summed E-state index contributed by atoms with van der Waals surface area (Å²) in [6.45, 7) is 6.88. The third-order valence-electron chi connectivity index (χ3n) is 5.13. The van der Waals surface area contributed by atoms with Crippen molar-refractivity contribution >= 4 is 5.91 Å². The fourth-order valence-electron chi connectivity index (χ4n) is 3.50. The lowest BCUT2D eigenvalue weighted by molar-refractivity contribution is -0.137. The molecule has 0 N–H and O–H groups in total. The second-order valence-electron chi connectivity index (χ2n) is 7.16. The Labute approximate surface area is 167 Å². The van der Waals surface area contributed by atoms with Crippen LogP contribution in [0.3, 0.4) is 0 Å². The molecule has 0 radical (unpaired) electrons. The van der Waals surface area contributed by atoms with Gasteiger partial charge in [-0.1, -0.05) is 42.5 Å². The first kappa shape index (κ1) is 20.4. The molecule has 0 saturated carbocycles. The molecule has 1 aliphatic rings. The molecule has 5 nitrogen and oxygen atoms in total. The number of hydrogen-bond acceptors (Lipinski definition) is 4. The number of benzene rings is 2. The van der Waals surface area contributed by atoms with Crippen molar-refractivity contribution in [1.82, 2.24) is 9.80 Å². The normalized spacial score (nSPS) is 16.4. The van der Waals surface area contributed by atoms with Gasteiger partial charge in [0.15, 0.2) is 6.10 Å². The van der Waals surface area contributed by atoms with Crippen molar-refractivity contribution in [2.24, 2.45) is 0 Å². The zero-order valence-corrected chi connectivity index (χ0v) is 16.8. The lowest BCUT2D eigenvalue weighted by Crippen LogP contribution is -2.42. The molecule has 1 heterocycles. The van der Waals surface area contributed by atoms with Crippen LogP contribution in [0.2, 0.25) is 0 Å². The Bertz CT molecular complexity index is 733. The van der Waals surface area contributed by atoms with E-state index in [1.54, 1.807) is 7.11 Å². The number of carbonyl (C=O) groups is 1. The number of carbonyl (C=O) groups excluding carboxylic acids is 1. The van der Waals surface area contributed by atoms with Gasteiger partial charge >= 0.3 is 0 Å². The number of nitrogens with zero attached hydrogens (tertiary/aromatic N) is 2. The molecule has 1 saturated heterocycles. The largest absolute Gasteiger partial charge is 0.481 e. The van der Waals surface area contributed by atoms with Gasteiger partial charge in [-0.15, -0.1) is 0 Å². The van der Waals surface area contributed by atoms with Crippen LogP contribution in [0.1, 0.15) is 13.3 Å². The molecule has 1 amide bonds. The Morgan fingerprint density at radius 1 is 0.964 bits per heavy atom. The van der Waals surface area contributed by atoms with Gasteiger partial charge in [0.25, 0.3) is 5.91 Å². The molecule has 2 aromatic rings. The Balaban J connectivity index is 1.54. The molecular formula is C23H30N2O3. The van der Waals surface area contributed by atoms with Gasteiger partial charge in [-0.25, -0.2) is 0 Å². The van der Waals surface area contributed by atoms with E-state index in [9.17, 15) is 4.79 Å². The summed E-state index contributed by atoms with van der Waals surface area (Å²) in [5.41, 5.74) is 2.30. The number of amides is 1. The fraction of sp³-hybridized carbons (Fsp3) is 0.435. The van der Waals surface area contributed by atoms with Crippen LogP contribution in [-0.2, 0) is 9.53 Å². The highest BCUT2D eigenvalue weighted by molar-refractivity contribution is 5.81. The topological polar surface area (TPSA) is 42.0 Å². The molecular weight excluding hydrogens is 352 g/mol. The highest BCUT2D eigenvalue weighted by Crippen LogP contribution is 2.23.